The number of hydrogen-bond acceptors (Lipinski definition) is 7. The molecule has 1 unspecified atom stereocenters. The van der Waals surface area contributed by atoms with Crippen molar-refractivity contribution in [1.82, 2.24) is 25.8 Å². The van der Waals surface area contributed by atoms with Crippen molar-refractivity contribution in [2.45, 2.75) is 87.6 Å². The van der Waals surface area contributed by atoms with Crippen LogP contribution in [0.25, 0.3) is 0 Å². The zero-order valence-corrected chi connectivity index (χ0v) is 25.5. The Hall–Kier alpha value is -1.71. The van der Waals surface area contributed by atoms with Gasteiger partial charge in [-0.15, -0.1) is 0 Å². The van der Waals surface area contributed by atoms with E-state index in [0.29, 0.717) is 13.0 Å². The summed E-state index contributed by atoms with van der Waals surface area (Å²) in [7, 11) is 7.04. The van der Waals surface area contributed by atoms with Gasteiger partial charge in [-0.25, -0.2) is 0 Å². The molecule has 3 N–H and O–H groups in total. The average molecular weight is 508 g/mol. The van der Waals surface area contributed by atoms with Crippen LogP contribution in [0.3, 0.4) is 0 Å². The Bertz CT molecular complexity index is 439. The second-order valence-electron chi connectivity index (χ2n) is 7.37. The molecule has 0 heterocycles. The van der Waals surface area contributed by atoms with Crippen LogP contribution in [0.1, 0.15) is 81.6 Å². The highest BCUT2D eigenvalue weighted by Gasteiger charge is 2.12. The van der Waals surface area contributed by atoms with E-state index in [1.54, 1.807) is 18.7 Å². The average Bonchev–Trinajstić information content (AvgIpc) is 2.86. The number of carbonyl (C=O) groups excluding carboxylic acids is 3. The summed E-state index contributed by atoms with van der Waals surface area (Å²) in [5.74, 6) is 0.0836. The summed E-state index contributed by atoms with van der Waals surface area (Å²) >= 11 is 0. The molecular weight excluding hydrogens is 446 g/mol. The first-order valence-corrected chi connectivity index (χ1v) is 13.2. The van der Waals surface area contributed by atoms with Gasteiger partial charge in [-0.1, -0.05) is 41.0 Å². The van der Waals surface area contributed by atoms with Gasteiger partial charge in [0.1, 0.15) is 0 Å². The van der Waals surface area contributed by atoms with E-state index >= 15 is 0 Å². The van der Waals surface area contributed by atoms with Crippen LogP contribution >= 0.6 is 0 Å². The molecule has 0 saturated heterocycles. The molecule has 0 radical (unpaired) electrons. The minimum atomic E-state index is -0.157. The van der Waals surface area contributed by atoms with Crippen LogP contribution in [0.15, 0.2) is 0 Å². The number of unbranched alkanes of at least 4 members (excludes halogenated alkanes) is 1. The topological polar surface area (TPSA) is 103 Å². The summed E-state index contributed by atoms with van der Waals surface area (Å²) in [5, 5.41) is 8.99. The standard InChI is InChI=1S/2C7H16N2O.C6H15N.C4H8O2.C2H6/c1-5-8-7(10)6(2)9(3)4;1-4-9(7(2)10)6-5-8-3;1-3-5-6-7-4-2;1-3-4(5)6-2;1-2/h6H,5H2,1-4H3,(H,8,10);8H,4-6H2,1-3H3;7H,3-6H2,1-2H3;3H2,1-2H3;1-2H3. The molecule has 0 spiro atoms. The SMILES string of the molecule is CC.CCC(=O)OC.CCCCNCC.CCN(CCNC)C(C)=O.CCNC(=O)C(C)N(C)C. The molecule has 2 amide bonds. The highest BCUT2D eigenvalue weighted by molar-refractivity contribution is 5.81. The fourth-order valence-electron chi connectivity index (χ4n) is 1.96. The van der Waals surface area contributed by atoms with Crippen LogP contribution in [-0.4, -0.2) is 101 Å². The van der Waals surface area contributed by atoms with Crippen LogP contribution in [0, 0.1) is 0 Å². The number of nitrogens with one attached hydrogen (secondary N) is 3. The second-order valence-corrected chi connectivity index (χ2v) is 7.37. The fourth-order valence-corrected chi connectivity index (χ4v) is 1.96. The fraction of sp³-hybridized carbons (Fsp3) is 0.885. The summed E-state index contributed by atoms with van der Waals surface area (Å²) in [6, 6.07) is -0.0278. The first-order valence-electron chi connectivity index (χ1n) is 13.2. The number of ether oxygens (including phenoxy) is 1. The van der Waals surface area contributed by atoms with Crippen molar-refractivity contribution in [2.75, 3.05) is 67.5 Å². The summed E-state index contributed by atoms with van der Waals surface area (Å²) in [6.45, 7) is 23.0. The maximum absolute atomic E-state index is 11.0. The molecule has 0 aromatic carbocycles. The first-order chi connectivity index (χ1) is 16.5. The second kappa shape index (κ2) is 36.9. The van der Waals surface area contributed by atoms with Gasteiger partial charge in [-0.05, 0) is 61.4 Å². The van der Waals surface area contributed by atoms with E-state index in [0.717, 1.165) is 26.2 Å². The van der Waals surface area contributed by atoms with Crippen LogP contribution in [0.4, 0.5) is 0 Å². The molecule has 9 nitrogen and oxygen atoms in total. The molecule has 0 aromatic heterocycles. The molecule has 0 saturated carbocycles. The van der Waals surface area contributed by atoms with Gasteiger partial charge in [0.25, 0.3) is 0 Å². The Kier molecular flexibility index (Phi) is 45.7. The van der Waals surface area contributed by atoms with Gasteiger partial charge < -0.3 is 25.6 Å². The Morgan fingerprint density at radius 2 is 1.49 bits per heavy atom. The molecule has 9 heteroatoms. The third-order valence-electron chi connectivity index (χ3n) is 4.44. The van der Waals surface area contributed by atoms with Crippen LogP contribution in [0.5, 0.6) is 0 Å². The lowest BCUT2D eigenvalue weighted by atomic mass is 10.3. The molecule has 214 valence electrons. The normalized spacial score (nSPS) is 9.89. The van der Waals surface area contributed by atoms with Gasteiger partial charge in [-0.3, -0.25) is 19.3 Å². The molecule has 0 bridgehead atoms. The predicted molar refractivity (Wildman–Crippen MR) is 151 cm³/mol. The lowest BCUT2D eigenvalue weighted by Gasteiger charge is -2.17. The van der Waals surface area contributed by atoms with Gasteiger partial charge in [-0.2, -0.15) is 0 Å². The van der Waals surface area contributed by atoms with Crippen LogP contribution < -0.4 is 16.0 Å². The quantitative estimate of drug-likeness (QED) is 0.275. The Balaban J connectivity index is -0.000000114. The minimum absolute atomic E-state index is 0.0278. The van der Waals surface area contributed by atoms with Crippen LogP contribution in [-0.2, 0) is 19.1 Å². The summed E-state index contributed by atoms with van der Waals surface area (Å²) < 4.78 is 4.26. The van der Waals surface area contributed by atoms with Crippen molar-refractivity contribution in [1.29, 1.82) is 0 Å². The number of nitrogens with zero attached hydrogens (tertiary/aromatic N) is 2. The van der Waals surface area contributed by atoms with Gasteiger partial charge >= 0.3 is 5.97 Å². The molecule has 35 heavy (non-hydrogen) atoms. The van der Waals surface area contributed by atoms with E-state index in [1.807, 2.05) is 60.7 Å². The number of rotatable bonds is 12. The van der Waals surface area contributed by atoms with E-state index in [2.05, 4.69) is 34.5 Å². The Morgan fingerprint density at radius 1 is 0.943 bits per heavy atom. The lowest BCUT2D eigenvalue weighted by molar-refractivity contribution is -0.140. The molecule has 0 aliphatic heterocycles. The van der Waals surface area contributed by atoms with Crippen molar-refractivity contribution in [3.05, 3.63) is 0 Å². The number of amides is 2. The molecule has 1 atom stereocenters. The van der Waals surface area contributed by atoms with E-state index in [9.17, 15) is 14.4 Å². The van der Waals surface area contributed by atoms with E-state index in [1.165, 1.54) is 26.5 Å². The van der Waals surface area contributed by atoms with Crippen LogP contribution in [0.2, 0.25) is 0 Å². The van der Waals surface area contributed by atoms with Crippen molar-refractivity contribution >= 4 is 17.8 Å². The number of likely N-dealkylation sites (N-methyl/N-ethyl adjacent to an activating group) is 4. The van der Waals surface area contributed by atoms with Crippen molar-refractivity contribution in [3.63, 3.8) is 0 Å². The number of esters is 1. The lowest BCUT2D eigenvalue weighted by Crippen LogP contribution is -2.41. The van der Waals surface area contributed by atoms with E-state index in [4.69, 9.17) is 0 Å². The van der Waals surface area contributed by atoms with Crippen molar-refractivity contribution < 1.29 is 19.1 Å². The van der Waals surface area contributed by atoms with Gasteiger partial charge in [0, 0.05) is 39.5 Å². The van der Waals surface area contributed by atoms with E-state index < -0.39 is 0 Å². The largest absolute Gasteiger partial charge is 0.469 e. The van der Waals surface area contributed by atoms with Gasteiger partial charge in [0.05, 0.1) is 13.2 Å². The zero-order valence-electron chi connectivity index (χ0n) is 25.5. The maximum atomic E-state index is 11.0. The maximum Gasteiger partial charge on any atom is 0.305 e. The monoisotopic (exact) mass is 507 g/mol. The van der Waals surface area contributed by atoms with Gasteiger partial charge in [0.15, 0.2) is 0 Å². The van der Waals surface area contributed by atoms with Gasteiger partial charge in [0.2, 0.25) is 11.8 Å². The highest BCUT2D eigenvalue weighted by Crippen LogP contribution is 1.89. The Morgan fingerprint density at radius 3 is 1.74 bits per heavy atom. The first kappa shape index (κ1) is 43.4. The smallest absolute Gasteiger partial charge is 0.305 e. The summed E-state index contributed by atoms with van der Waals surface area (Å²) in [6.07, 6.45) is 3.08. The minimum Gasteiger partial charge on any atom is -0.469 e. The van der Waals surface area contributed by atoms with E-state index in [-0.39, 0.29) is 23.8 Å². The molecule has 0 aliphatic rings. The van der Waals surface area contributed by atoms with Crippen molar-refractivity contribution in [2.24, 2.45) is 0 Å². The molecule has 0 aromatic rings. The Labute approximate surface area is 218 Å². The summed E-state index contributed by atoms with van der Waals surface area (Å²) in [4.78, 5) is 35.5. The number of methoxy groups -OCH3 is 1. The predicted octanol–water partition coefficient (Wildman–Crippen LogP) is 3.14. The molecule has 0 fully saturated rings. The van der Waals surface area contributed by atoms with Crippen molar-refractivity contribution in [3.8, 4) is 0 Å². The number of carbonyl (C=O) groups is 3. The molecular formula is C26H61N5O4. The number of hydrogen-bond donors (Lipinski definition) is 3. The molecule has 0 aliphatic carbocycles. The third kappa shape index (κ3) is 39.8. The zero-order chi connectivity index (χ0) is 28.7. The highest BCUT2D eigenvalue weighted by atomic mass is 16.5. The molecule has 0 rings (SSSR count). The summed E-state index contributed by atoms with van der Waals surface area (Å²) in [5.41, 5.74) is 0. The third-order valence-corrected chi connectivity index (χ3v) is 4.44.